The molecule has 1 aromatic carbocycles. The molecule has 0 atom stereocenters. The van der Waals surface area contributed by atoms with Gasteiger partial charge in [-0.1, -0.05) is 11.6 Å². The molecule has 0 aromatic heterocycles. The minimum absolute atomic E-state index is 0.324. The Morgan fingerprint density at radius 2 is 2.15 bits per heavy atom. The molecule has 2 nitrogen and oxygen atoms in total. The molecule has 0 bridgehead atoms. The van der Waals surface area contributed by atoms with Gasteiger partial charge in [0.05, 0.1) is 18.8 Å². The summed E-state index contributed by atoms with van der Waals surface area (Å²) in [7, 11) is 0. The van der Waals surface area contributed by atoms with Gasteiger partial charge in [-0.2, -0.15) is 0 Å². The maximum atomic E-state index is 13.3. The van der Waals surface area contributed by atoms with Crippen LogP contribution in [0.3, 0.4) is 0 Å². The Kier molecular flexibility index (Phi) is 2.02. The quantitative estimate of drug-likeness (QED) is 0.750. The average Bonchev–Trinajstić information content (AvgIpc) is 2.05. The van der Waals surface area contributed by atoms with Crippen LogP contribution in [-0.4, -0.2) is 13.2 Å². The SMILES string of the molecule is NC1(c2cc(Cl)ccc2F)COC1. The van der Waals surface area contributed by atoms with Crippen LogP contribution in [0.4, 0.5) is 4.39 Å². The Bertz CT molecular complexity index is 338. The van der Waals surface area contributed by atoms with E-state index in [4.69, 9.17) is 22.1 Å². The van der Waals surface area contributed by atoms with Gasteiger partial charge in [-0.3, -0.25) is 0 Å². The molecule has 1 saturated heterocycles. The molecular weight excluding hydrogens is 193 g/mol. The van der Waals surface area contributed by atoms with E-state index in [2.05, 4.69) is 0 Å². The second kappa shape index (κ2) is 2.94. The van der Waals surface area contributed by atoms with Gasteiger partial charge in [0.2, 0.25) is 0 Å². The first kappa shape index (κ1) is 8.94. The highest BCUT2D eigenvalue weighted by atomic mass is 35.5. The monoisotopic (exact) mass is 201 g/mol. The topological polar surface area (TPSA) is 35.2 Å². The Hall–Kier alpha value is -0.640. The Labute approximate surface area is 80.4 Å². The van der Waals surface area contributed by atoms with Crippen molar-refractivity contribution in [1.29, 1.82) is 0 Å². The lowest BCUT2D eigenvalue weighted by molar-refractivity contribution is -0.0584. The standard InChI is InChI=1S/C9H9ClFNO/c10-6-1-2-8(11)7(3-6)9(12)4-13-5-9/h1-3H,4-5,12H2. The zero-order chi connectivity index (χ0) is 9.47. The van der Waals surface area contributed by atoms with Crippen molar-refractivity contribution in [3.63, 3.8) is 0 Å². The molecule has 1 aliphatic heterocycles. The van der Waals surface area contributed by atoms with Crippen molar-refractivity contribution in [2.75, 3.05) is 13.2 Å². The molecule has 1 fully saturated rings. The summed E-state index contributed by atoms with van der Waals surface area (Å²) < 4.78 is 18.2. The molecule has 2 N–H and O–H groups in total. The summed E-state index contributed by atoms with van der Waals surface area (Å²) in [6.07, 6.45) is 0. The van der Waals surface area contributed by atoms with Gasteiger partial charge in [0, 0.05) is 10.6 Å². The summed E-state index contributed by atoms with van der Waals surface area (Å²) in [6, 6.07) is 4.38. The highest BCUT2D eigenvalue weighted by molar-refractivity contribution is 6.30. The molecule has 0 spiro atoms. The normalized spacial score (nSPS) is 19.6. The third kappa shape index (κ3) is 1.43. The summed E-state index contributed by atoms with van der Waals surface area (Å²) in [5.41, 5.74) is 5.62. The van der Waals surface area contributed by atoms with Gasteiger partial charge in [0.15, 0.2) is 0 Å². The minimum atomic E-state index is -0.686. The van der Waals surface area contributed by atoms with E-state index in [9.17, 15) is 4.39 Å². The van der Waals surface area contributed by atoms with Gasteiger partial charge >= 0.3 is 0 Å². The molecular formula is C9H9ClFNO. The maximum absolute atomic E-state index is 13.3. The van der Waals surface area contributed by atoms with E-state index in [0.717, 1.165) is 0 Å². The smallest absolute Gasteiger partial charge is 0.128 e. The van der Waals surface area contributed by atoms with Crippen molar-refractivity contribution in [3.8, 4) is 0 Å². The Balaban J connectivity index is 2.43. The fourth-order valence-corrected chi connectivity index (χ4v) is 1.53. The Morgan fingerprint density at radius 3 is 2.69 bits per heavy atom. The molecule has 2 rings (SSSR count). The predicted octanol–water partition coefficient (Wildman–Crippen LogP) is 1.66. The maximum Gasteiger partial charge on any atom is 0.128 e. The highest BCUT2D eigenvalue weighted by Gasteiger charge is 2.38. The second-order valence-corrected chi connectivity index (χ2v) is 3.71. The van der Waals surface area contributed by atoms with Crippen LogP contribution >= 0.6 is 11.6 Å². The molecule has 0 amide bonds. The molecule has 1 heterocycles. The van der Waals surface area contributed by atoms with Crippen LogP contribution in [0, 0.1) is 5.82 Å². The number of rotatable bonds is 1. The van der Waals surface area contributed by atoms with Gasteiger partial charge in [-0.15, -0.1) is 0 Å². The zero-order valence-electron chi connectivity index (χ0n) is 6.89. The van der Waals surface area contributed by atoms with Crippen LogP contribution < -0.4 is 5.73 Å². The lowest BCUT2D eigenvalue weighted by Crippen LogP contribution is -2.54. The molecule has 0 unspecified atom stereocenters. The molecule has 1 aliphatic rings. The summed E-state index contributed by atoms with van der Waals surface area (Å²) in [6.45, 7) is 0.703. The number of ether oxygens (including phenoxy) is 1. The summed E-state index contributed by atoms with van der Waals surface area (Å²) in [5.74, 6) is -0.324. The van der Waals surface area contributed by atoms with Crippen molar-refractivity contribution in [2.45, 2.75) is 5.54 Å². The largest absolute Gasteiger partial charge is 0.377 e. The van der Waals surface area contributed by atoms with Gasteiger partial charge in [0.25, 0.3) is 0 Å². The van der Waals surface area contributed by atoms with E-state index in [0.29, 0.717) is 23.8 Å². The molecule has 13 heavy (non-hydrogen) atoms. The van der Waals surface area contributed by atoms with Crippen LogP contribution in [0.25, 0.3) is 0 Å². The van der Waals surface area contributed by atoms with Gasteiger partial charge in [-0.25, -0.2) is 4.39 Å². The van der Waals surface area contributed by atoms with Gasteiger partial charge < -0.3 is 10.5 Å². The van der Waals surface area contributed by atoms with Crippen molar-refractivity contribution < 1.29 is 9.13 Å². The first-order valence-corrected chi connectivity index (χ1v) is 4.32. The molecule has 0 aliphatic carbocycles. The van der Waals surface area contributed by atoms with Gasteiger partial charge in [-0.05, 0) is 18.2 Å². The number of nitrogens with two attached hydrogens (primary N) is 1. The van der Waals surface area contributed by atoms with Crippen molar-refractivity contribution in [2.24, 2.45) is 5.73 Å². The van der Waals surface area contributed by atoms with E-state index >= 15 is 0 Å². The van der Waals surface area contributed by atoms with Crippen LogP contribution in [0.15, 0.2) is 18.2 Å². The summed E-state index contributed by atoms with van der Waals surface area (Å²) >= 11 is 5.74. The fraction of sp³-hybridized carbons (Fsp3) is 0.333. The third-order valence-electron chi connectivity index (χ3n) is 2.18. The number of hydrogen-bond donors (Lipinski definition) is 1. The lowest BCUT2D eigenvalue weighted by Gasteiger charge is -2.38. The van der Waals surface area contributed by atoms with E-state index in [1.54, 1.807) is 6.07 Å². The number of halogens is 2. The van der Waals surface area contributed by atoms with Gasteiger partial charge in [0.1, 0.15) is 5.82 Å². The molecule has 0 radical (unpaired) electrons. The summed E-state index contributed by atoms with van der Waals surface area (Å²) in [5, 5.41) is 0.494. The van der Waals surface area contributed by atoms with E-state index in [1.807, 2.05) is 0 Å². The van der Waals surface area contributed by atoms with Crippen LogP contribution in [-0.2, 0) is 10.3 Å². The lowest BCUT2D eigenvalue weighted by atomic mass is 9.89. The molecule has 4 heteroatoms. The van der Waals surface area contributed by atoms with Crippen LogP contribution in [0.2, 0.25) is 5.02 Å². The van der Waals surface area contributed by atoms with E-state index in [1.165, 1.54) is 12.1 Å². The number of hydrogen-bond acceptors (Lipinski definition) is 2. The van der Waals surface area contributed by atoms with Crippen LogP contribution in [0.1, 0.15) is 5.56 Å². The highest BCUT2D eigenvalue weighted by Crippen LogP contribution is 2.30. The number of benzene rings is 1. The fourth-order valence-electron chi connectivity index (χ4n) is 1.36. The van der Waals surface area contributed by atoms with E-state index < -0.39 is 5.54 Å². The van der Waals surface area contributed by atoms with Crippen molar-refractivity contribution in [3.05, 3.63) is 34.6 Å². The van der Waals surface area contributed by atoms with Crippen LogP contribution in [0.5, 0.6) is 0 Å². The Morgan fingerprint density at radius 1 is 1.46 bits per heavy atom. The van der Waals surface area contributed by atoms with E-state index in [-0.39, 0.29) is 5.82 Å². The van der Waals surface area contributed by atoms with Crippen molar-refractivity contribution in [1.82, 2.24) is 0 Å². The predicted molar refractivity (Wildman–Crippen MR) is 48.1 cm³/mol. The minimum Gasteiger partial charge on any atom is -0.377 e. The molecule has 1 aromatic rings. The second-order valence-electron chi connectivity index (χ2n) is 3.27. The third-order valence-corrected chi connectivity index (χ3v) is 2.42. The zero-order valence-corrected chi connectivity index (χ0v) is 7.64. The molecule has 70 valence electrons. The molecule has 0 saturated carbocycles. The first-order valence-electron chi connectivity index (χ1n) is 3.94. The average molecular weight is 202 g/mol. The summed E-state index contributed by atoms with van der Waals surface area (Å²) in [4.78, 5) is 0. The first-order chi connectivity index (χ1) is 6.12. The van der Waals surface area contributed by atoms with Crippen molar-refractivity contribution >= 4 is 11.6 Å².